The van der Waals surface area contributed by atoms with E-state index in [-0.39, 0.29) is 25.9 Å². The summed E-state index contributed by atoms with van der Waals surface area (Å²) in [7, 11) is -4.78. The van der Waals surface area contributed by atoms with E-state index in [0.717, 1.165) is 103 Å². The summed E-state index contributed by atoms with van der Waals surface area (Å²) in [5.74, 6) is -1.58. The highest BCUT2D eigenvalue weighted by Crippen LogP contribution is 2.43. The molecule has 0 aromatic carbocycles. The number of aliphatic hydroxyl groups is 1. The molecule has 0 aliphatic rings. The number of rotatable bonds is 54. The number of hydrogen-bond acceptors (Lipinski definition) is 10. The molecule has 0 aliphatic heterocycles. The van der Waals surface area contributed by atoms with Crippen LogP contribution in [0, 0.1) is 0 Å². The summed E-state index contributed by atoms with van der Waals surface area (Å²) in [5.41, 5.74) is 0. The minimum absolute atomic E-state index is 0.0362. The molecule has 0 aromatic rings. The Morgan fingerprint density at radius 1 is 0.382 bits per heavy atom. The van der Waals surface area contributed by atoms with Crippen LogP contribution in [0.25, 0.3) is 0 Å². The molecule has 0 bridgehead atoms. The molecular formula is C64H107O11P. The fourth-order valence-corrected chi connectivity index (χ4v) is 8.53. The first-order valence-electron chi connectivity index (χ1n) is 29.8. The first-order chi connectivity index (χ1) is 37.2. The van der Waals surface area contributed by atoms with Crippen LogP contribution in [0.2, 0.25) is 0 Å². The molecule has 0 aliphatic carbocycles. The predicted molar refractivity (Wildman–Crippen MR) is 316 cm³/mol. The minimum Gasteiger partial charge on any atom is -0.462 e. The highest BCUT2D eigenvalue weighted by molar-refractivity contribution is 7.47. The monoisotopic (exact) mass is 1080 g/mol. The van der Waals surface area contributed by atoms with Crippen LogP contribution in [0.15, 0.2) is 109 Å². The summed E-state index contributed by atoms with van der Waals surface area (Å²) in [5, 5.41) is 9.82. The lowest BCUT2D eigenvalue weighted by molar-refractivity contribution is -0.161. The van der Waals surface area contributed by atoms with Crippen LogP contribution in [0.1, 0.15) is 239 Å². The summed E-state index contributed by atoms with van der Waals surface area (Å²) >= 11 is 0. The first kappa shape index (κ1) is 72.1. The Morgan fingerprint density at radius 2 is 0.711 bits per heavy atom. The molecule has 3 atom stereocenters. The predicted octanol–water partition coefficient (Wildman–Crippen LogP) is 17.8. The van der Waals surface area contributed by atoms with Crippen LogP contribution in [-0.4, -0.2) is 66.5 Å². The standard InChI is InChI=1S/C64H107O11P/c1-4-7-10-13-16-19-22-25-27-29-30-32-34-37-40-43-46-49-52-55-64(68)75-61(57-71-62(66)53-50-47-44-41-38-36-33-31-28-26-23-20-17-14-11-8-5-2)59-73-76(69,70)72-58-60(56-65)74-63(67)54-51-48-45-42-39-35-24-21-18-15-12-9-6-3/h7-8,10-11,16-17,19-20,25-28,30,32,37,40,46,49,60-61,65H,4-6,9,12-15,18,21-24,29,31,33-36,38-39,41-45,47-48,50-59H2,1-3H3,(H,69,70)/b10-7-,11-8-,19-16-,20-17-,27-25-,28-26-,32-30-,40-37-,49-46-. The molecule has 0 rings (SSSR count). The van der Waals surface area contributed by atoms with Gasteiger partial charge >= 0.3 is 25.7 Å². The van der Waals surface area contributed by atoms with Crippen LogP contribution in [-0.2, 0) is 42.2 Å². The molecular weight excluding hydrogens is 976 g/mol. The molecule has 0 saturated carbocycles. The molecule has 12 heteroatoms. The van der Waals surface area contributed by atoms with Gasteiger partial charge in [-0.1, -0.05) is 239 Å². The lowest BCUT2D eigenvalue weighted by atomic mass is 10.0. The van der Waals surface area contributed by atoms with E-state index in [1.54, 1.807) is 0 Å². The van der Waals surface area contributed by atoms with E-state index in [2.05, 4.69) is 118 Å². The van der Waals surface area contributed by atoms with Gasteiger partial charge in [0.05, 0.1) is 19.8 Å². The number of allylic oxidation sites excluding steroid dienone is 18. The first-order valence-corrected chi connectivity index (χ1v) is 31.3. The molecule has 76 heavy (non-hydrogen) atoms. The van der Waals surface area contributed by atoms with Gasteiger partial charge in [-0.05, 0) is 89.9 Å². The zero-order valence-corrected chi connectivity index (χ0v) is 48.8. The van der Waals surface area contributed by atoms with E-state index in [4.69, 9.17) is 23.3 Å². The van der Waals surface area contributed by atoms with E-state index in [0.29, 0.717) is 25.7 Å². The maximum absolute atomic E-state index is 12.9. The molecule has 0 spiro atoms. The van der Waals surface area contributed by atoms with E-state index < -0.39 is 57.8 Å². The van der Waals surface area contributed by atoms with Crippen molar-refractivity contribution < 1.29 is 52.2 Å². The molecule has 3 unspecified atom stereocenters. The third kappa shape index (κ3) is 54.9. The van der Waals surface area contributed by atoms with Crippen molar-refractivity contribution in [1.29, 1.82) is 0 Å². The molecule has 0 heterocycles. The van der Waals surface area contributed by atoms with Crippen molar-refractivity contribution in [2.75, 3.05) is 26.4 Å². The number of phosphoric acid groups is 1. The van der Waals surface area contributed by atoms with Crippen molar-refractivity contribution in [2.24, 2.45) is 0 Å². The van der Waals surface area contributed by atoms with Gasteiger partial charge in [0.2, 0.25) is 0 Å². The van der Waals surface area contributed by atoms with Crippen LogP contribution in [0.3, 0.4) is 0 Å². The Balaban J connectivity index is 4.86. The number of hydrogen-bond donors (Lipinski definition) is 2. The fraction of sp³-hybridized carbons (Fsp3) is 0.672. The average Bonchev–Trinajstić information content (AvgIpc) is 3.41. The van der Waals surface area contributed by atoms with E-state index in [1.165, 1.54) is 70.6 Å². The van der Waals surface area contributed by atoms with E-state index >= 15 is 0 Å². The normalized spacial score (nSPS) is 14.1. The van der Waals surface area contributed by atoms with Crippen molar-refractivity contribution in [3.63, 3.8) is 0 Å². The molecule has 0 aromatic heterocycles. The second kappa shape index (κ2) is 57.3. The van der Waals surface area contributed by atoms with Crippen molar-refractivity contribution in [1.82, 2.24) is 0 Å². The van der Waals surface area contributed by atoms with Crippen LogP contribution in [0.4, 0.5) is 0 Å². The van der Waals surface area contributed by atoms with Crippen LogP contribution in [0.5, 0.6) is 0 Å². The second-order valence-electron chi connectivity index (χ2n) is 19.4. The maximum atomic E-state index is 12.9. The number of unbranched alkanes of at least 4 members (excludes halogenated alkanes) is 19. The van der Waals surface area contributed by atoms with Gasteiger partial charge in [-0.15, -0.1) is 0 Å². The van der Waals surface area contributed by atoms with Gasteiger partial charge in [0.1, 0.15) is 12.7 Å². The van der Waals surface area contributed by atoms with Crippen molar-refractivity contribution in [3.05, 3.63) is 109 Å². The second-order valence-corrected chi connectivity index (χ2v) is 20.9. The minimum atomic E-state index is -4.78. The Morgan fingerprint density at radius 3 is 1.13 bits per heavy atom. The molecule has 0 saturated heterocycles. The number of phosphoric ester groups is 1. The number of carbonyl (C=O) groups excluding carboxylic acids is 3. The SMILES string of the molecule is CC/C=C\C/C=C\C/C=C\C/C=C\C/C=C\C/C=C\CCC(=O)OC(COC(=O)CCCCCCCCC/C=C\C/C=C\C/C=C\CC)COP(=O)(O)OCC(CO)OC(=O)CCCCCCCCCCCCCCC. The fourth-order valence-electron chi connectivity index (χ4n) is 7.75. The molecule has 2 N–H and O–H groups in total. The number of esters is 3. The van der Waals surface area contributed by atoms with E-state index in [9.17, 15) is 28.9 Å². The molecule has 0 amide bonds. The zero-order chi connectivity index (χ0) is 55.5. The number of aliphatic hydroxyl groups excluding tert-OH is 1. The van der Waals surface area contributed by atoms with Gasteiger partial charge in [0, 0.05) is 19.3 Å². The zero-order valence-electron chi connectivity index (χ0n) is 47.9. The Hall–Kier alpha value is -3.86. The maximum Gasteiger partial charge on any atom is 0.472 e. The smallest absolute Gasteiger partial charge is 0.462 e. The largest absolute Gasteiger partial charge is 0.472 e. The third-order valence-corrected chi connectivity index (χ3v) is 13.2. The Bertz CT molecular complexity index is 1690. The van der Waals surface area contributed by atoms with Gasteiger partial charge in [0.15, 0.2) is 6.10 Å². The van der Waals surface area contributed by atoms with Gasteiger partial charge in [0.25, 0.3) is 0 Å². The Labute approximate surface area is 463 Å². The van der Waals surface area contributed by atoms with Gasteiger partial charge < -0.3 is 24.2 Å². The summed E-state index contributed by atoms with van der Waals surface area (Å²) < 4.78 is 39.5. The summed E-state index contributed by atoms with van der Waals surface area (Å²) in [4.78, 5) is 48.6. The molecule has 0 radical (unpaired) electrons. The third-order valence-electron chi connectivity index (χ3n) is 12.2. The van der Waals surface area contributed by atoms with Crippen LogP contribution < -0.4 is 0 Å². The van der Waals surface area contributed by atoms with Crippen molar-refractivity contribution in [3.8, 4) is 0 Å². The summed E-state index contributed by atoms with van der Waals surface area (Å²) in [6, 6.07) is 0. The van der Waals surface area contributed by atoms with Crippen molar-refractivity contribution in [2.45, 2.75) is 251 Å². The van der Waals surface area contributed by atoms with Gasteiger partial charge in [-0.2, -0.15) is 0 Å². The van der Waals surface area contributed by atoms with Crippen molar-refractivity contribution >= 4 is 25.7 Å². The lowest BCUT2D eigenvalue weighted by Crippen LogP contribution is -2.30. The number of ether oxygens (including phenoxy) is 3. The van der Waals surface area contributed by atoms with Gasteiger partial charge in [-0.3, -0.25) is 23.4 Å². The summed E-state index contributed by atoms with van der Waals surface area (Å²) in [6.07, 6.45) is 69.1. The van der Waals surface area contributed by atoms with Gasteiger partial charge in [-0.25, -0.2) is 4.57 Å². The van der Waals surface area contributed by atoms with Crippen LogP contribution >= 0.6 is 7.82 Å². The topological polar surface area (TPSA) is 155 Å². The quantitative estimate of drug-likeness (QED) is 0.0197. The Kier molecular flexibility index (Phi) is 54.4. The lowest BCUT2D eigenvalue weighted by Gasteiger charge is -2.21. The highest BCUT2D eigenvalue weighted by atomic mass is 31.2. The van der Waals surface area contributed by atoms with E-state index in [1.807, 2.05) is 12.2 Å². The molecule has 434 valence electrons. The molecule has 0 fully saturated rings. The molecule has 11 nitrogen and oxygen atoms in total. The average molecular weight is 1080 g/mol. The summed E-state index contributed by atoms with van der Waals surface area (Å²) in [6.45, 7) is 4.33. The number of carbonyl (C=O) groups is 3. The highest BCUT2D eigenvalue weighted by Gasteiger charge is 2.28.